The van der Waals surface area contributed by atoms with Crippen LogP contribution >= 0.6 is 24.8 Å². The lowest BCUT2D eigenvalue weighted by molar-refractivity contribution is -0.134. The zero-order valence-corrected chi connectivity index (χ0v) is 23.2. The average molecular weight is 543 g/mol. The van der Waals surface area contributed by atoms with E-state index in [-0.39, 0.29) is 36.6 Å². The van der Waals surface area contributed by atoms with Crippen LogP contribution in [-0.4, -0.2) is 72.5 Å². The second-order valence-corrected chi connectivity index (χ2v) is 9.73. The van der Waals surface area contributed by atoms with Crippen molar-refractivity contribution >= 4 is 30.7 Å². The first-order valence-corrected chi connectivity index (χ1v) is 12.6. The molecule has 0 bridgehead atoms. The van der Waals surface area contributed by atoms with Gasteiger partial charge in [-0.15, -0.1) is 24.8 Å². The van der Waals surface area contributed by atoms with E-state index in [0.717, 1.165) is 45.0 Å². The van der Waals surface area contributed by atoms with E-state index >= 15 is 0 Å². The maximum Gasteiger partial charge on any atom is 0.219 e. The quantitative estimate of drug-likeness (QED) is 0.435. The van der Waals surface area contributed by atoms with Gasteiger partial charge in [0.2, 0.25) is 5.91 Å². The Kier molecular flexibility index (Phi) is 10.4. The number of halogens is 2. The Labute approximate surface area is 233 Å². The molecular formula is C30H37Cl2N3O2. The van der Waals surface area contributed by atoms with E-state index in [9.17, 15) is 4.79 Å². The first-order valence-electron chi connectivity index (χ1n) is 12.6. The van der Waals surface area contributed by atoms with Crippen LogP contribution in [0.4, 0.5) is 0 Å². The molecule has 2 fully saturated rings. The van der Waals surface area contributed by atoms with Gasteiger partial charge in [-0.05, 0) is 17.2 Å². The van der Waals surface area contributed by atoms with Gasteiger partial charge in [0, 0.05) is 69.8 Å². The zero-order valence-electron chi connectivity index (χ0n) is 21.5. The van der Waals surface area contributed by atoms with Crippen molar-refractivity contribution < 1.29 is 9.53 Å². The van der Waals surface area contributed by atoms with Crippen LogP contribution in [0.5, 0.6) is 5.75 Å². The molecule has 0 unspecified atom stereocenters. The molecule has 0 saturated carbocycles. The van der Waals surface area contributed by atoms with Crippen LogP contribution in [0.3, 0.4) is 0 Å². The number of methoxy groups -OCH3 is 1. The Balaban J connectivity index is 0.00000190. The standard InChI is InChI=1S/C30H35N3O2.2ClH/c1-23(34)32-17-18-33-27(21-32)20-31(19-26-15-9-10-16-29(26)35-2)22-28(33)30(24-11-5-3-6-12-24)25-13-7-4-8-14-25;;/h3-16,27-28,30H,17-22H2,1-2H3;2*1H/t27-,28-;;/m0../s1. The topological polar surface area (TPSA) is 36.0 Å². The monoisotopic (exact) mass is 541 g/mol. The molecule has 1 amide bonds. The van der Waals surface area contributed by atoms with Crippen LogP contribution in [0.25, 0.3) is 0 Å². The summed E-state index contributed by atoms with van der Waals surface area (Å²) in [5, 5.41) is 0. The number of fused-ring (bicyclic) bond motifs is 1. The van der Waals surface area contributed by atoms with Crippen LogP contribution < -0.4 is 4.74 Å². The van der Waals surface area contributed by atoms with E-state index in [0.29, 0.717) is 12.1 Å². The molecule has 2 saturated heterocycles. The number of hydrogen-bond acceptors (Lipinski definition) is 4. The highest BCUT2D eigenvalue weighted by atomic mass is 35.5. The Morgan fingerprint density at radius 2 is 1.43 bits per heavy atom. The lowest BCUT2D eigenvalue weighted by Crippen LogP contribution is -2.67. The third kappa shape index (κ3) is 6.47. The molecular weight excluding hydrogens is 505 g/mol. The maximum absolute atomic E-state index is 12.3. The van der Waals surface area contributed by atoms with Crippen molar-refractivity contribution in [2.45, 2.75) is 31.5 Å². The van der Waals surface area contributed by atoms with E-state index in [1.165, 1.54) is 16.7 Å². The molecule has 0 radical (unpaired) electrons. The summed E-state index contributed by atoms with van der Waals surface area (Å²) in [4.78, 5) is 19.5. The Hall–Kier alpha value is -2.57. The number of hydrogen-bond donors (Lipinski definition) is 0. The third-order valence-corrected chi connectivity index (χ3v) is 7.60. The minimum Gasteiger partial charge on any atom is -0.496 e. The predicted octanol–water partition coefficient (Wildman–Crippen LogP) is 5.09. The molecule has 5 nitrogen and oxygen atoms in total. The van der Waals surface area contributed by atoms with E-state index in [2.05, 4.69) is 82.6 Å². The zero-order chi connectivity index (χ0) is 24.2. The van der Waals surface area contributed by atoms with Crippen molar-refractivity contribution in [3.63, 3.8) is 0 Å². The van der Waals surface area contributed by atoms with E-state index in [4.69, 9.17) is 4.74 Å². The Bertz CT molecular complexity index is 1090. The van der Waals surface area contributed by atoms with Gasteiger partial charge in [-0.25, -0.2) is 0 Å². The van der Waals surface area contributed by atoms with Crippen molar-refractivity contribution in [1.29, 1.82) is 0 Å². The lowest BCUT2D eigenvalue weighted by atomic mass is 9.81. The summed E-state index contributed by atoms with van der Waals surface area (Å²) >= 11 is 0. The summed E-state index contributed by atoms with van der Waals surface area (Å²) in [6.45, 7) is 6.92. The van der Waals surface area contributed by atoms with Gasteiger partial charge in [0.1, 0.15) is 5.75 Å². The number of carbonyl (C=O) groups excluding carboxylic acids is 1. The number of amides is 1. The minimum absolute atomic E-state index is 0. The van der Waals surface area contributed by atoms with Crippen LogP contribution in [0, 0.1) is 0 Å². The molecule has 0 aliphatic carbocycles. The van der Waals surface area contributed by atoms with Gasteiger partial charge in [0.15, 0.2) is 0 Å². The third-order valence-electron chi connectivity index (χ3n) is 7.60. The van der Waals surface area contributed by atoms with Crippen LogP contribution in [0.15, 0.2) is 84.9 Å². The average Bonchev–Trinajstić information content (AvgIpc) is 2.90. The van der Waals surface area contributed by atoms with Crippen molar-refractivity contribution in [1.82, 2.24) is 14.7 Å². The molecule has 2 heterocycles. The normalized spacial score (nSPS) is 19.9. The molecule has 7 heteroatoms. The number of para-hydroxylation sites is 1. The molecule has 2 atom stereocenters. The van der Waals surface area contributed by atoms with Crippen molar-refractivity contribution in [2.75, 3.05) is 39.8 Å². The second-order valence-electron chi connectivity index (χ2n) is 9.73. The largest absolute Gasteiger partial charge is 0.496 e. The molecule has 3 aromatic rings. The molecule has 5 rings (SSSR count). The second kappa shape index (κ2) is 13.3. The first kappa shape index (κ1) is 29.0. The Morgan fingerprint density at radius 3 is 2.03 bits per heavy atom. The van der Waals surface area contributed by atoms with Gasteiger partial charge < -0.3 is 9.64 Å². The summed E-state index contributed by atoms with van der Waals surface area (Å²) in [7, 11) is 1.74. The number of ether oxygens (including phenoxy) is 1. The Morgan fingerprint density at radius 1 is 0.838 bits per heavy atom. The van der Waals surface area contributed by atoms with Gasteiger partial charge in [0.25, 0.3) is 0 Å². The molecule has 0 aromatic heterocycles. The number of piperazine rings is 2. The summed E-state index contributed by atoms with van der Waals surface area (Å²) in [5.74, 6) is 1.36. The van der Waals surface area contributed by atoms with E-state index in [1.54, 1.807) is 14.0 Å². The van der Waals surface area contributed by atoms with Crippen molar-refractivity contribution in [3.8, 4) is 5.75 Å². The lowest BCUT2D eigenvalue weighted by Gasteiger charge is -2.53. The summed E-state index contributed by atoms with van der Waals surface area (Å²) in [6.07, 6.45) is 0. The van der Waals surface area contributed by atoms with Gasteiger partial charge in [0.05, 0.1) is 7.11 Å². The van der Waals surface area contributed by atoms with Gasteiger partial charge in [-0.1, -0.05) is 78.9 Å². The maximum atomic E-state index is 12.3. The van der Waals surface area contributed by atoms with Gasteiger partial charge >= 0.3 is 0 Å². The number of carbonyl (C=O) groups is 1. The molecule has 2 aliphatic rings. The van der Waals surface area contributed by atoms with E-state index in [1.807, 2.05) is 17.0 Å². The molecule has 3 aromatic carbocycles. The highest BCUT2D eigenvalue weighted by Crippen LogP contribution is 2.36. The van der Waals surface area contributed by atoms with Crippen molar-refractivity contribution in [2.24, 2.45) is 0 Å². The van der Waals surface area contributed by atoms with Crippen LogP contribution in [0.1, 0.15) is 29.5 Å². The van der Waals surface area contributed by atoms with Crippen molar-refractivity contribution in [3.05, 3.63) is 102 Å². The molecule has 198 valence electrons. The molecule has 2 aliphatic heterocycles. The van der Waals surface area contributed by atoms with E-state index < -0.39 is 0 Å². The number of nitrogens with zero attached hydrogens (tertiary/aromatic N) is 3. The first-order chi connectivity index (χ1) is 17.1. The predicted molar refractivity (Wildman–Crippen MR) is 154 cm³/mol. The summed E-state index contributed by atoms with van der Waals surface area (Å²) in [6, 6.07) is 30.7. The highest BCUT2D eigenvalue weighted by molar-refractivity contribution is 5.85. The highest BCUT2D eigenvalue weighted by Gasteiger charge is 2.42. The van der Waals surface area contributed by atoms with Gasteiger partial charge in [-0.2, -0.15) is 0 Å². The summed E-state index contributed by atoms with van der Waals surface area (Å²) in [5.41, 5.74) is 3.89. The van der Waals surface area contributed by atoms with Gasteiger partial charge in [-0.3, -0.25) is 14.6 Å². The number of rotatable bonds is 6. The SMILES string of the molecule is COc1ccccc1CN1C[C@H]2CN(C(C)=O)CCN2[C@H](C(c2ccccc2)c2ccccc2)C1.Cl.Cl. The number of benzene rings is 3. The summed E-state index contributed by atoms with van der Waals surface area (Å²) < 4.78 is 5.66. The molecule has 0 N–H and O–H groups in total. The van der Waals surface area contributed by atoms with Crippen LogP contribution in [-0.2, 0) is 11.3 Å². The molecule has 0 spiro atoms. The smallest absolute Gasteiger partial charge is 0.219 e. The van der Waals surface area contributed by atoms with Crippen LogP contribution in [0.2, 0.25) is 0 Å². The minimum atomic E-state index is 0. The fourth-order valence-electron chi connectivity index (χ4n) is 5.95. The molecule has 37 heavy (non-hydrogen) atoms. The fourth-order valence-corrected chi connectivity index (χ4v) is 5.95. The fraction of sp³-hybridized carbons (Fsp3) is 0.367.